The van der Waals surface area contributed by atoms with Crippen LogP contribution in [0.25, 0.3) is 0 Å². The average Bonchev–Trinajstić information content (AvgIpc) is 3.34. The van der Waals surface area contributed by atoms with E-state index in [1.165, 1.54) is 5.56 Å². The van der Waals surface area contributed by atoms with Gasteiger partial charge in [-0.3, -0.25) is 9.79 Å². The minimum absolute atomic E-state index is 0. The van der Waals surface area contributed by atoms with Gasteiger partial charge in [-0.05, 0) is 24.5 Å². The van der Waals surface area contributed by atoms with Crippen LogP contribution in [0, 0.1) is 5.92 Å². The van der Waals surface area contributed by atoms with Crippen molar-refractivity contribution < 1.29 is 4.79 Å². The van der Waals surface area contributed by atoms with E-state index in [-0.39, 0.29) is 35.8 Å². The molecule has 1 fully saturated rings. The standard InChI is InChI=1S/C16H23BrN4O.HI/c1-18-16(20-10-9-19-15(22)12-7-8-12)21(2)11-13-5-3-4-6-14(13)17;/h3-6,12H,7-11H2,1-2H3,(H,18,20)(H,19,22);1H. The third kappa shape index (κ3) is 6.66. The van der Waals surface area contributed by atoms with Crippen LogP contribution in [0.15, 0.2) is 33.7 Å². The van der Waals surface area contributed by atoms with Gasteiger partial charge in [0.1, 0.15) is 0 Å². The second-order valence-electron chi connectivity index (χ2n) is 5.49. The molecule has 1 aliphatic carbocycles. The summed E-state index contributed by atoms with van der Waals surface area (Å²) < 4.78 is 1.09. The van der Waals surface area contributed by atoms with Crippen molar-refractivity contribution in [2.24, 2.45) is 10.9 Å². The summed E-state index contributed by atoms with van der Waals surface area (Å²) in [6, 6.07) is 8.15. The van der Waals surface area contributed by atoms with Crippen LogP contribution in [-0.4, -0.2) is 44.0 Å². The van der Waals surface area contributed by atoms with Gasteiger partial charge in [-0.1, -0.05) is 34.1 Å². The lowest BCUT2D eigenvalue weighted by Gasteiger charge is -2.22. The zero-order chi connectivity index (χ0) is 15.9. The number of amides is 1. The number of nitrogens with zero attached hydrogens (tertiary/aromatic N) is 2. The molecule has 0 aromatic heterocycles. The van der Waals surface area contributed by atoms with Gasteiger partial charge in [0.2, 0.25) is 5.91 Å². The van der Waals surface area contributed by atoms with Crippen molar-refractivity contribution in [3.8, 4) is 0 Å². The van der Waals surface area contributed by atoms with E-state index in [0.29, 0.717) is 13.1 Å². The van der Waals surface area contributed by atoms with Crippen LogP contribution in [0.1, 0.15) is 18.4 Å². The third-order valence-electron chi connectivity index (χ3n) is 3.59. The van der Waals surface area contributed by atoms with Gasteiger partial charge in [0.25, 0.3) is 0 Å². The van der Waals surface area contributed by atoms with E-state index in [1.54, 1.807) is 7.05 Å². The minimum Gasteiger partial charge on any atom is -0.354 e. The van der Waals surface area contributed by atoms with Gasteiger partial charge < -0.3 is 15.5 Å². The highest BCUT2D eigenvalue weighted by atomic mass is 127. The molecule has 0 aliphatic heterocycles. The summed E-state index contributed by atoms with van der Waals surface area (Å²) in [6.07, 6.45) is 2.07. The molecule has 23 heavy (non-hydrogen) atoms. The number of aliphatic imine (C=N–C) groups is 1. The number of carbonyl (C=O) groups excluding carboxylic acids is 1. The molecule has 2 N–H and O–H groups in total. The summed E-state index contributed by atoms with van der Waals surface area (Å²) in [5, 5.41) is 6.21. The molecule has 0 bridgehead atoms. The summed E-state index contributed by atoms with van der Waals surface area (Å²) in [6.45, 7) is 2.05. The van der Waals surface area contributed by atoms with Gasteiger partial charge in [-0.2, -0.15) is 0 Å². The Kier molecular flexibility index (Phi) is 8.90. The van der Waals surface area contributed by atoms with Crippen LogP contribution in [0.4, 0.5) is 0 Å². The lowest BCUT2D eigenvalue weighted by atomic mass is 10.2. The maximum Gasteiger partial charge on any atom is 0.223 e. The fourth-order valence-electron chi connectivity index (χ4n) is 2.19. The van der Waals surface area contributed by atoms with E-state index < -0.39 is 0 Å². The molecule has 2 rings (SSSR count). The summed E-state index contributed by atoms with van der Waals surface area (Å²) >= 11 is 3.56. The summed E-state index contributed by atoms with van der Waals surface area (Å²) in [5.74, 6) is 1.26. The second kappa shape index (κ2) is 10.1. The molecule has 1 aromatic carbocycles. The van der Waals surface area contributed by atoms with Gasteiger partial charge in [0.05, 0.1) is 0 Å². The molecule has 0 heterocycles. The van der Waals surface area contributed by atoms with Gasteiger partial charge in [-0.25, -0.2) is 0 Å². The predicted molar refractivity (Wildman–Crippen MR) is 108 cm³/mol. The Labute approximate surface area is 163 Å². The number of benzene rings is 1. The van der Waals surface area contributed by atoms with Crippen molar-refractivity contribution in [2.45, 2.75) is 19.4 Å². The quantitative estimate of drug-likeness (QED) is 0.276. The van der Waals surface area contributed by atoms with Crippen LogP contribution >= 0.6 is 39.9 Å². The fourth-order valence-corrected chi connectivity index (χ4v) is 2.60. The first-order valence-corrected chi connectivity index (χ1v) is 8.34. The van der Waals surface area contributed by atoms with E-state index >= 15 is 0 Å². The molecule has 1 aromatic rings. The van der Waals surface area contributed by atoms with Gasteiger partial charge in [0.15, 0.2) is 5.96 Å². The molecule has 1 amide bonds. The van der Waals surface area contributed by atoms with Crippen LogP contribution in [-0.2, 0) is 11.3 Å². The van der Waals surface area contributed by atoms with Crippen molar-refractivity contribution in [1.82, 2.24) is 15.5 Å². The Hall–Kier alpha value is -0.830. The van der Waals surface area contributed by atoms with E-state index in [1.807, 2.05) is 25.2 Å². The molecule has 0 spiro atoms. The Balaban J connectivity index is 0.00000264. The van der Waals surface area contributed by atoms with Crippen LogP contribution in [0.3, 0.4) is 0 Å². The largest absolute Gasteiger partial charge is 0.354 e. The molecule has 7 heteroatoms. The summed E-state index contributed by atoms with van der Waals surface area (Å²) in [7, 11) is 3.76. The second-order valence-corrected chi connectivity index (χ2v) is 6.34. The summed E-state index contributed by atoms with van der Waals surface area (Å²) in [4.78, 5) is 17.9. The number of halogens is 2. The number of carbonyl (C=O) groups is 1. The van der Waals surface area contributed by atoms with E-state index in [4.69, 9.17) is 0 Å². The third-order valence-corrected chi connectivity index (χ3v) is 4.37. The molecule has 0 radical (unpaired) electrons. The van der Waals surface area contributed by atoms with E-state index in [9.17, 15) is 4.79 Å². The van der Waals surface area contributed by atoms with Gasteiger partial charge in [-0.15, -0.1) is 24.0 Å². The monoisotopic (exact) mass is 494 g/mol. The zero-order valence-electron chi connectivity index (χ0n) is 13.5. The molecule has 1 aliphatic rings. The van der Waals surface area contributed by atoms with Crippen molar-refractivity contribution in [3.63, 3.8) is 0 Å². The Morgan fingerprint density at radius 3 is 2.57 bits per heavy atom. The van der Waals surface area contributed by atoms with Crippen molar-refractivity contribution >= 4 is 51.8 Å². The first kappa shape index (κ1) is 20.2. The Bertz CT molecular complexity index is 549. The van der Waals surface area contributed by atoms with Crippen LogP contribution < -0.4 is 10.6 Å². The Morgan fingerprint density at radius 2 is 1.96 bits per heavy atom. The molecular weight excluding hydrogens is 471 g/mol. The Morgan fingerprint density at radius 1 is 1.30 bits per heavy atom. The van der Waals surface area contributed by atoms with E-state index in [2.05, 4.69) is 42.5 Å². The smallest absolute Gasteiger partial charge is 0.223 e. The lowest BCUT2D eigenvalue weighted by molar-refractivity contribution is -0.122. The number of rotatable bonds is 6. The van der Waals surface area contributed by atoms with Crippen molar-refractivity contribution in [2.75, 3.05) is 27.2 Å². The molecule has 1 saturated carbocycles. The number of guanidine groups is 1. The van der Waals surface area contributed by atoms with Crippen molar-refractivity contribution in [3.05, 3.63) is 34.3 Å². The maximum atomic E-state index is 11.5. The summed E-state index contributed by atoms with van der Waals surface area (Å²) in [5.41, 5.74) is 1.20. The van der Waals surface area contributed by atoms with Crippen molar-refractivity contribution in [1.29, 1.82) is 0 Å². The van der Waals surface area contributed by atoms with Crippen LogP contribution in [0.2, 0.25) is 0 Å². The molecule has 5 nitrogen and oxygen atoms in total. The number of hydrogen-bond donors (Lipinski definition) is 2. The van der Waals surface area contributed by atoms with Crippen LogP contribution in [0.5, 0.6) is 0 Å². The topological polar surface area (TPSA) is 56.7 Å². The van der Waals surface area contributed by atoms with Gasteiger partial charge in [0, 0.05) is 44.1 Å². The SMILES string of the molecule is CN=C(NCCNC(=O)C1CC1)N(C)Cc1ccccc1Br.I. The average molecular weight is 495 g/mol. The first-order chi connectivity index (χ1) is 10.6. The predicted octanol–water partition coefficient (Wildman–Crippen LogP) is 2.60. The highest BCUT2D eigenvalue weighted by molar-refractivity contribution is 14.0. The maximum absolute atomic E-state index is 11.5. The molecule has 0 saturated heterocycles. The highest BCUT2D eigenvalue weighted by Gasteiger charge is 2.28. The first-order valence-electron chi connectivity index (χ1n) is 7.54. The highest BCUT2D eigenvalue weighted by Crippen LogP contribution is 2.28. The minimum atomic E-state index is 0. The molecule has 0 atom stereocenters. The lowest BCUT2D eigenvalue weighted by Crippen LogP contribution is -2.42. The van der Waals surface area contributed by atoms with Gasteiger partial charge >= 0.3 is 0 Å². The molecule has 0 unspecified atom stereocenters. The molecular formula is C16H24BrIN4O. The molecule has 128 valence electrons. The number of nitrogens with one attached hydrogen (secondary N) is 2. The fraction of sp³-hybridized carbons (Fsp3) is 0.500. The normalized spacial score (nSPS) is 14.0. The van der Waals surface area contributed by atoms with E-state index in [0.717, 1.165) is 29.8 Å². The zero-order valence-corrected chi connectivity index (χ0v) is 17.4. The number of hydrogen-bond acceptors (Lipinski definition) is 2.